The Kier molecular flexibility index (Phi) is 3.71. The fourth-order valence-corrected chi connectivity index (χ4v) is 3.30. The Morgan fingerprint density at radius 3 is 3.04 bits per heavy atom. The van der Waals surface area contributed by atoms with Crippen LogP contribution in [0.15, 0.2) is 48.8 Å². The van der Waals surface area contributed by atoms with Gasteiger partial charge in [0.15, 0.2) is 0 Å². The Labute approximate surface area is 135 Å². The summed E-state index contributed by atoms with van der Waals surface area (Å²) in [7, 11) is 0. The van der Waals surface area contributed by atoms with Gasteiger partial charge in [0.1, 0.15) is 5.82 Å². The van der Waals surface area contributed by atoms with E-state index in [2.05, 4.69) is 22.1 Å². The second-order valence-corrected chi connectivity index (χ2v) is 6.11. The summed E-state index contributed by atoms with van der Waals surface area (Å²) in [5, 5.41) is 13.8. The number of fused-ring (bicyclic) bond motifs is 1. The van der Waals surface area contributed by atoms with Crippen molar-refractivity contribution >= 4 is 11.3 Å². The van der Waals surface area contributed by atoms with E-state index in [0.717, 1.165) is 48.5 Å². The average Bonchev–Trinajstić information content (AvgIpc) is 3.06. The van der Waals surface area contributed by atoms with Crippen molar-refractivity contribution in [2.45, 2.75) is 12.8 Å². The number of piperidine rings is 1. The molecule has 1 aliphatic rings. The molecule has 1 aliphatic heterocycles. The van der Waals surface area contributed by atoms with Crippen LogP contribution in [0.25, 0.3) is 16.8 Å². The molecule has 4 heterocycles. The predicted octanol–water partition coefficient (Wildman–Crippen LogP) is 2.61. The van der Waals surface area contributed by atoms with Gasteiger partial charge in [-0.2, -0.15) is 5.10 Å². The van der Waals surface area contributed by atoms with Gasteiger partial charge in [-0.1, -0.05) is 12.1 Å². The van der Waals surface area contributed by atoms with Crippen molar-refractivity contribution < 1.29 is 5.11 Å². The van der Waals surface area contributed by atoms with E-state index in [1.807, 2.05) is 41.2 Å². The summed E-state index contributed by atoms with van der Waals surface area (Å²) in [6.07, 6.45) is 6.02. The normalized spacial score (nSPS) is 18.5. The molecule has 23 heavy (non-hydrogen) atoms. The maximum Gasteiger partial charge on any atom is 0.129 e. The molecular weight excluding hydrogens is 288 g/mol. The Morgan fingerprint density at radius 1 is 1.17 bits per heavy atom. The van der Waals surface area contributed by atoms with Crippen molar-refractivity contribution in [3.8, 4) is 11.3 Å². The van der Waals surface area contributed by atoms with Crippen molar-refractivity contribution in [1.29, 1.82) is 0 Å². The number of hydrogen-bond donors (Lipinski definition) is 1. The third-order valence-electron chi connectivity index (χ3n) is 4.54. The first-order valence-corrected chi connectivity index (χ1v) is 8.11. The Morgan fingerprint density at radius 2 is 2.13 bits per heavy atom. The highest BCUT2D eigenvalue weighted by Crippen LogP contribution is 2.27. The number of rotatable bonds is 3. The van der Waals surface area contributed by atoms with Gasteiger partial charge in [-0.25, -0.2) is 9.50 Å². The summed E-state index contributed by atoms with van der Waals surface area (Å²) in [5.41, 5.74) is 3.04. The number of aliphatic hydroxyl groups is 1. The van der Waals surface area contributed by atoms with E-state index >= 15 is 0 Å². The molecule has 0 saturated carbocycles. The fourth-order valence-electron chi connectivity index (χ4n) is 3.30. The molecule has 1 fully saturated rings. The molecule has 0 aliphatic carbocycles. The van der Waals surface area contributed by atoms with Crippen LogP contribution in [0.5, 0.6) is 0 Å². The first-order chi connectivity index (χ1) is 11.3. The van der Waals surface area contributed by atoms with Crippen LogP contribution in [0.4, 0.5) is 5.82 Å². The lowest BCUT2D eigenvalue weighted by Gasteiger charge is -2.32. The summed E-state index contributed by atoms with van der Waals surface area (Å²) >= 11 is 0. The average molecular weight is 308 g/mol. The van der Waals surface area contributed by atoms with Crippen LogP contribution in [0.1, 0.15) is 12.8 Å². The largest absolute Gasteiger partial charge is 0.396 e. The molecule has 5 nitrogen and oxygen atoms in total. The van der Waals surface area contributed by atoms with E-state index in [0.29, 0.717) is 5.92 Å². The van der Waals surface area contributed by atoms with Gasteiger partial charge in [0, 0.05) is 31.5 Å². The maximum absolute atomic E-state index is 9.42. The van der Waals surface area contributed by atoms with Gasteiger partial charge < -0.3 is 10.0 Å². The van der Waals surface area contributed by atoms with Gasteiger partial charge in [-0.3, -0.25) is 0 Å². The van der Waals surface area contributed by atoms with Crippen LogP contribution in [0, 0.1) is 5.92 Å². The van der Waals surface area contributed by atoms with Crippen molar-refractivity contribution in [3.05, 3.63) is 48.8 Å². The highest BCUT2D eigenvalue weighted by Gasteiger charge is 2.20. The van der Waals surface area contributed by atoms with Gasteiger partial charge in [0.2, 0.25) is 0 Å². The first kappa shape index (κ1) is 14.2. The lowest BCUT2D eigenvalue weighted by atomic mass is 9.99. The predicted molar refractivity (Wildman–Crippen MR) is 90.4 cm³/mol. The number of anilines is 1. The summed E-state index contributed by atoms with van der Waals surface area (Å²) in [6, 6.07) is 12.2. The quantitative estimate of drug-likeness (QED) is 0.808. The molecule has 118 valence electrons. The SMILES string of the molecule is OCC1CCCN(c2cccc(-c3cnn4ccccc34)n2)C1. The van der Waals surface area contributed by atoms with Crippen LogP contribution in [-0.4, -0.2) is 39.4 Å². The van der Waals surface area contributed by atoms with E-state index in [1.54, 1.807) is 0 Å². The molecule has 0 spiro atoms. The molecule has 4 rings (SSSR count). The van der Waals surface area contributed by atoms with Crippen LogP contribution >= 0.6 is 0 Å². The third-order valence-corrected chi connectivity index (χ3v) is 4.54. The van der Waals surface area contributed by atoms with E-state index in [9.17, 15) is 5.11 Å². The highest BCUT2D eigenvalue weighted by molar-refractivity contribution is 5.78. The fraction of sp³-hybridized carbons (Fsp3) is 0.333. The maximum atomic E-state index is 9.42. The van der Waals surface area contributed by atoms with Gasteiger partial charge in [0.25, 0.3) is 0 Å². The van der Waals surface area contributed by atoms with E-state index in [4.69, 9.17) is 4.98 Å². The summed E-state index contributed by atoms with van der Waals surface area (Å²) in [4.78, 5) is 7.13. The van der Waals surface area contributed by atoms with Crippen molar-refractivity contribution in [1.82, 2.24) is 14.6 Å². The lowest BCUT2D eigenvalue weighted by molar-refractivity contribution is 0.208. The molecule has 0 aromatic carbocycles. The van der Waals surface area contributed by atoms with Crippen molar-refractivity contribution in [2.75, 3.05) is 24.6 Å². The molecule has 0 radical (unpaired) electrons. The summed E-state index contributed by atoms with van der Waals surface area (Å²) < 4.78 is 1.87. The molecule has 1 N–H and O–H groups in total. The molecule has 0 amide bonds. The first-order valence-electron chi connectivity index (χ1n) is 8.11. The molecule has 5 heteroatoms. The number of aliphatic hydroxyl groups excluding tert-OH is 1. The van der Waals surface area contributed by atoms with E-state index < -0.39 is 0 Å². The van der Waals surface area contributed by atoms with Crippen molar-refractivity contribution in [2.24, 2.45) is 5.92 Å². The Hall–Kier alpha value is -2.40. The van der Waals surface area contributed by atoms with Gasteiger partial charge in [-0.15, -0.1) is 0 Å². The number of aromatic nitrogens is 3. The molecule has 1 atom stereocenters. The standard InChI is InChI=1S/C18H20N4O/c23-13-14-5-4-9-21(12-14)18-8-3-6-16(20-18)15-11-19-22-10-2-1-7-17(15)22/h1-3,6-8,10-11,14,23H,4-5,9,12-13H2. The number of nitrogens with zero attached hydrogens (tertiary/aromatic N) is 4. The summed E-state index contributed by atoms with van der Waals surface area (Å²) in [6.45, 7) is 2.13. The van der Waals surface area contributed by atoms with Crippen LogP contribution < -0.4 is 4.90 Å². The number of hydrogen-bond acceptors (Lipinski definition) is 4. The number of pyridine rings is 2. The minimum Gasteiger partial charge on any atom is -0.396 e. The molecule has 0 bridgehead atoms. The topological polar surface area (TPSA) is 53.7 Å². The van der Waals surface area contributed by atoms with Crippen LogP contribution in [-0.2, 0) is 0 Å². The second kappa shape index (κ2) is 6.01. The smallest absolute Gasteiger partial charge is 0.129 e. The Balaban J connectivity index is 1.69. The molecule has 3 aromatic heterocycles. The molecule has 1 saturated heterocycles. The molecule has 1 unspecified atom stereocenters. The Bertz CT molecular complexity index is 813. The van der Waals surface area contributed by atoms with Gasteiger partial charge in [-0.05, 0) is 43.0 Å². The zero-order chi connectivity index (χ0) is 15.6. The monoisotopic (exact) mass is 308 g/mol. The molecular formula is C18H20N4O. The third kappa shape index (κ3) is 2.68. The second-order valence-electron chi connectivity index (χ2n) is 6.11. The highest BCUT2D eigenvalue weighted by atomic mass is 16.3. The lowest BCUT2D eigenvalue weighted by Crippen LogP contribution is -2.37. The van der Waals surface area contributed by atoms with E-state index in [1.165, 1.54) is 0 Å². The van der Waals surface area contributed by atoms with Crippen LogP contribution in [0.3, 0.4) is 0 Å². The van der Waals surface area contributed by atoms with Crippen molar-refractivity contribution in [3.63, 3.8) is 0 Å². The minimum absolute atomic E-state index is 0.254. The van der Waals surface area contributed by atoms with Gasteiger partial charge in [0.05, 0.1) is 17.4 Å². The van der Waals surface area contributed by atoms with E-state index in [-0.39, 0.29) is 6.61 Å². The van der Waals surface area contributed by atoms with Crippen LogP contribution in [0.2, 0.25) is 0 Å². The minimum atomic E-state index is 0.254. The summed E-state index contributed by atoms with van der Waals surface area (Å²) in [5.74, 6) is 1.34. The van der Waals surface area contributed by atoms with Gasteiger partial charge >= 0.3 is 0 Å². The zero-order valence-corrected chi connectivity index (χ0v) is 13.0. The molecule has 3 aromatic rings. The zero-order valence-electron chi connectivity index (χ0n) is 13.0.